The van der Waals surface area contributed by atoms with E-state index in [9.17, 15) is 0 Å². The summed E-state index contributed by atoms with van der Waals surface area (Å²) in [4.78, 5) is 2.75. The van der Waals surface area contributed by atoms with Gasteiger partial charge in [-0.3, -0.25) is 4.90 Å². The van der Waals surface area contributed by atoms with Crippen LogP contribution in [0.1, 0.15) is 59.3 Å². The van der Waals surface area contributed by atoms with E-state index in [2.05, 4.69) is 31.0 Å². The quantitative estimate of drug-likeness (QED) is 0.813. The van der Waals surface area contributed by atoms with E-state index in [1.54, 1.807) is 0 Å². The highest BCUT2D eigenvalue weighted by atomic mass is 15.3. The molecule has 0 amide bonds. The normalized spacial score (nSPS) is 31.6. The van der Waals surface area contributed by atoms with Crippen molar-refractivity contribution >= 4 is 0 Å². The molecule has 0 aromatic carbocycles. The van der Waals surface area contributed by atoms with Crippen molar-refractivity contribution in [1.29, 1.82) is 0 Å². The molecule has 0 bridgehead atoms. The van der Waals surface area contributed by atoms with Gasteiger partial charge in [-0.2, -0.15) is 0 Å². The van der Waals surface area contributed by atoms with Crippen LogP contribution in [0.3, 0.4) is 0 Å². The molecule has 2 rings (SSSR count). The minimum atomic E-state index is 0.470. The molecular weight excluding hydrogens is 208 g/mol. The monoisotopic (exact) mass is 238 g/mol. The third kappa shape index (κ3) is 2.85. The van der Waals surface area contributed by atoms with Gasteiger partial charge in [0.1, 0.15) is 0 Å². The first kappa shape index (κ1) is 13.4. The third-order valence-electron chi connectivity index (χ3n) is 5.18. The average Bonchev–Trinajstić information content (AvgIpc) is 2.38. The summed E-state index contributed by atoms with van der Waals surface area (Å²) in [6, 6.07) is 0.762. The zero-order chi connectivity index (χ0) is 12.3. The predicted molar refractivity (Wildman–Crippen MR) is 74.3 cm³/mol. The molecule has 0 radical (unpaired) electrons. The highest BCUT2D eigenvalue weighted by Crippen LogP contribution is 2.33. The summed E-state index contributed by atoms with van der Waals surface area (Å²) in [5.74, 6) is 0.823. The number of piperazine rings is 1. The first-order valence-electron chi connectivity index (χ1n) is 7.70. The number of rotatable bonds is 3. The Bertz CT molecular complexity index is 233. The van der Waals surface area contributed by atoms with E-state index < -0.39 is 0 Å². The van der Waals surface area contributed by atoms with Crippen LogP contribution in [0, 0.1) is 5.92 Å². The van der Waals surface area contributed by atoms with E-state index in [0.717, 1.165) is 12.0 Å². The number of nitrogens with zero attached hydrogens (tertiary/aromatic N) is 1. The summed E-state index contributed by atoms with van der Waals surface area (Å²) in [6.45, 7) is 10.8. The van der Waals surface area contributed by atoms with Gasteiger partial charge >= 0.3 is 0 Å². The van der Waals surface area contributed by atoms with Crippen LogP contribution in [0.2, 0.25) is 0 Å². The van der Waals surface area contributed by atoms with Gasteiger partial charge in [-0.25, -0.2) is 0 Å². The standard InChI is InChI=1S/C15H30N2/c1-4-13(3)14-11-16-15(12-17(14)5-2)9-7-6-8-10-15/h13-14,16H,4-12H2,1-3H3. The largest absolute Gasteiger partial charge is 0.308 e. The van der Waals surface area contributed by atoms with E-state index in [0.29, 0.717) is 5.54 Å². The van der Waals surface area contributed by atoms with Crippen LogP contribution < -0.4 is 5.32 Å². The Morgan fingerprint density at radius 1 is 1.24 bits per heavy atom. The molecule has 17 heavy (non-hydrogen) atoms. The lowest BCUT2D eigenvalue weighted by molar-refractivity contribution is 0.0362. The van der Waals surface area contributed by atoms with Gasteiger partial charge in [-0.05, 0) is 25.3 Å². The number of likely N-dealkylation sites (N-methyl/N-ethyl adjacent to an activating group) is 1. The molecule has 1 N–H and O–H groups in total. The molecule has 1 aliphatic heterocycles. The highest BCUT2D eigenvalue weighted by Gasteiger charge is 2.40. The van der Waals surface area contributed by atoms with Gasteiger partial charge in [0.15, 0.2) is 0 Å². The minimum absolute atomic E-state index is 0.470. The fraction of sp³-hybridized carbons (Fsp3) is 1.00. The molecule has 2 fully saturated rings. The van der Waals surface area contributed by atoms with Crippen LogP contribution in [0.5, 0.6) is 0 Å². The second-order valence-electron chi connectivity index (χ2n) is 6.24. The van der Waals surface area contributed by atoms with Crippen molar-refractivity contribution in [1.82, 2.24) is 10.2 Å². The van der Waals surface area contributed by atoms with Gasteiger partial charge in [0.25, 0.3) is 0 Å². The van der Waals surface area contributed by atoms with Crippen LogP contribution in [0.15, 0.2) is 0 Å². The molecule has 0 aromatic heterocycles. The van der Waals surface area contributed by atoms with Gasteiger partial charge in [0.2, 0.25) is 0 Å². The summed E-state index contributed by atoms with van der Waals surface area (Å²) >= 11 is 0. The Morgan fingerprint density at radius 2 is 1.94 bits per heavy atom. The molecule has 0 aromatic rings. The summed E-state index contributed by atoms with van der Waals surface area (Å²) in [7, 11) is 0. The molecule has 100 valence electrons. The van der Waals surface area contributed by atoms with Crippen LogP contribution in [0.25, 0.3) is 0 Å². The molecule has 1 saturated carbocycles. The summed E-state index contributed by atoms with van der Waals surface area (Å²) in [5.41, 5.74) is 0.470. The molecule has 1 heterocycles. The molecule has 1 spiro atoms. The fourth-order valence-electron chi connectivity index (χ4n) is 3.75. The average molecular weight is 238 g/mol. The summed E-state index contributed by atoms with van der Waals surface area (Å²) < 4.78 is 0. The Hall–Kier alpha value is -0.0800. The Kier molecular flexibility index (Phi) is 4.48. The number of hydrogen-bond donors (Lipinski definition) is 1. The Balaban J connectivity index is 2.00. The molecule has 2 atom stereocenters. The smallest absolute Gasteiger partial charge is 0.0309 e. The highest BCUT2D eigenvalue weighted by molar-refractivity contribution is 5.00. The first-order valence-corrected chi connectivity index (χ1v) is 7.70. The zero-order valence-electron chi connectivity index (χ0n) is 12.0. The molecule has 2 heteroatoms. The van der Waals surface area contributed by atoms with Crippen molar-refractivity contribution in [2.45, 2.75) is 70.9 Å². The lowest BCUT2D eigenvalue weighted by Gasteiger charge is -2.51. The molecule has 2 aliphatic rings. The van der Waals surface area contributed by atoms with Crippen molar-refractivity contribution in [2.24, 2.45) is 5.92 Å². The number of hydrogen-bond acceptors (Lipinski definition) is 2. The first-order chi connectivity index (χ1) is 8.21. The van der Waals surface area contributed by atoms with Crippen LogP contribution in [-0.4, -0.2) is 36.1 Å². The van der Waals surface area contributed by atoms with E-state index in [1.165, 1.54) is 58.2 Å². The lowest BCUT2D eigenvalue weighted by atomic mass is 9.78. The van der Waals surface area contributed by atoms with Crippen molar-refractivity contribution in [3.05, 3.63) is 0 Å². The SMILES string of the molecule is CCC(C)C1CNC2(CCCCC2)CN1CC. The Morgan fingerprint density at radius 3 is 2.53 bits per heavy atom. The summed E-state index contributed by atoms with van der Waals surface area (Å²) in [6.07, 6.45) is 8.41. The fourth-order valence-corrected chi connectivity index (χ4v) is 3.75. The molecule has 1 saturated heterocycles. The predicted octanol–water partition coefficient (Wildman–Crippen LogP) is 3.03. The van der Waals surface area contributed by atoms with E-state index >= 15 is 0 Å². The van der Waals surface area contributed by atoms with Gasteiger partial charge in [0, 0.05) is 24.7 Å². The lowest BCUT2D eigenvalue weighted by Crippen LogP contribution is -2.65. The van der Waals surface area contributed by atoms with E-state index in [1.807, 2.05) is 0 Å². The second kappa shape index (κ2) is 5.71. The van der Waals surface area contributed by atoms with E-state index in [-0.39, 0.29) is 0 Å². The van der Waals surface area contributed by atoms with Gasteiger partial charge in [-0.1, -0.05) is 46.5 Å². The number of nitrogens with one attached hydrogen (secondary N) is 1. The molecule has 1 aliphatic carbocycles. The van der Waals surface area contributed by atoms with Crippen molar-refractivity contribution in [3.63, 3.8) is 0 Å². The van der Waals surface area contributed by atoms with Crippen LogP contribution in [0.4, 0.5) is 0 Å². The topological polar surface area (TPSA) is 15.3 Å². The maximum Gasteiger partial charge on any atom is 0.0309 e. The maximum absolute atomic E-state index is 3.92. The summed E-state index contributed by atoms with van der Waals surface area (Å²) in [5, 5.41) is 3.92. The molecule has 2 unspecified atom stereocenters. The van der Waals surface area contributed by atoms with Crippen LogP contribution >= 0.6 is 0 Å². The second-order valence-corrected chi connectivity index (χ2v) is 6.24. The van der Waals surface area contributed by atoms with Gasteiger partial charge in [-0.15, -0.1) is 0 Å². The van der Waals surface area contributed by atoms with Gasteiger partial charge < -0.3 is 5.32 Å². The minimum Gasteiger partial charge on any atom is -0.308 e. The van der Waals surface area contributed by atoms with Crippen LogP contribution in [-0.2, 0) is 0 Å². The molecule has 2 nitrogen and oxygen atoms in total. The Labute approximate surface area is 107 Å². The zero-order valence-corrected chi connectivity index (χ0v) is 12.0. The third-order valence-corrected chi connectivity index (χ3v) is 5.18. The maximum atomic E-state index is 3.92. The van der Waals surface area contributed by atoms with Gasteiger partial charge in [0.05, 0.1) is 0 Å². The molecular formula is C15H30N2. The van der Waals surface area contributed by atoms with Crippen molar-refractivity contribution in [3.8, 4) is 0 Å². The van der Waals surface area contributed by atoms with Crippen molar-refractivity contribution < 1.29 is 0 Å². The van der Waals surface area contributed by atoms with Crippen molar-refractivity contribution in [2.75, 3.05) is 19.6 Å². The van der Waals surface area contributed by atoms with E-state index in [4.69, 9.17) is 0 Å².